The Labute approximate surface area is 197 Å². The number of benzene rings is 2. The third kappa shape index (κ3) is 5.24. The maximum absolute atomic E-state index is 12.4. The monoisotopic (exact) mass is 465 g/mol. The van der Waals surface area contributed by atoms with E-state index in [1.54, 1.807) is 18.0 Å². The van der Waals surface area contributed by atoms with Crippen molar-refractivity contribution in [3.05, 3.63) is 53.6 Å². The van der Waals surface area contributed by atoms with Crippen LogP contribution in [-0.4, -0.2) is 86.9 Å². The van der Waals surface area contributed by atoms with Crippen molar-refractivity contribution < 1.29 is 23.9 Å². The van der Waals surface area contributed by atoms with Crippen LogP contribution in [0.4, 0.5) is 17.1 Å². The van der Waals surface area contributed by atoms with Gasteiger partial charge in [0.25, 0.3) is 11.8 Å². The van der Waals surface area contributed by atoms with Crippen LogP contribution in [0.5, 0.6) is 0 Å². The van der Waals surface area contributed by atoms with Crippen molar-refractivity contribution in [3.8, 4) is 0 Å². The minimum atomic E-state index is -0.400. The number of carbonyl (C=O) groups excluding carboxylic acids is 4. The van der Waals surface area contributed by atoms with Gasteiger partial charge in [0.2, 0.25) is 11.8 Å². The van der Waals surface area contributed by atoms with Gasteiger partial charge in [0.15, 0.2) is 0 Å². The van der Waals surface area contributed by atoms with Crippen molar-refractivity contribution in [1.82, 2.24) is 9.80 Å². The summed E-state index contributed by atoms with van der Waals surface area (Å²) in [6, 6.07) is 12.2. The molecule has 4 amide bonds. The lowest BCUT2D eigenvalue weighted by Gasteiger charge is -2.28. The van der Waals surface area contributed by atoms with Crippen molar-refractivity contribution in [1.29, 1.82) is 0 Å². The molecule has 34 heavy (non-hydrogen) atoms. The second kappa shape index (κ2) is 10.0. The molecule has 1 saturated heterocycles. The van der Waals surface area contributed by atoms with Crippen molar-refractivity contribution in [2.24, 2.45) is 0 Å². The Morgan fingerprint density at radius 1 is 0.882 bits per heavy atom. The number of morpholine rings is 1. The number of carbonyl (C=O) groups is 4. The zero-order valence-corrected chi connectivity index (χ0v) is 19.2. The van der Waals surface area contributed by atoms with Gasteiger partial charge in [-0.1, -0.05) is 0 Å². The van der Waals surface area contributed by atoms with Crippen LogP contribution in [0.25, 0.3) is 0 Å². The third-order valence-electron chi connectivity index (χ3n) is 5.73. The molecule has 0 atom stereocenters. The first-order chi connectivity index (χ1) is 16.3. The number of ether oxygens (including phenoxy) is 1. The van der Waals surface area contributed by atoms with Gasteiger partial charge in [0.1, 0.15) is 0 Å². The molecule has 10 heteroatoms. The summed E-state index contributed by atoms with van der Waals surface area (Å²) in [6.45, 7) is 3.11. The first-order valence-corrected chi connectivity index (χ1v) is 11.0. The van der Waals surface area contributed by atoms with E-state index in [9.17, 15) is 19.2 Å². The number of amides is 4. The number of fused-ring (bicyclic) bond motifs is 1. The Bertz CT molecular complexity index is 1110. The smallest absolute Gasteiger partial charge is 0.261 e. The lowest BCUT2D eigenvalue weighted by atomic mass is 10.1. The number of hydrogen-bond donors (Lipinski definition) is 2. The number of likely N-dealkylation sites (N-methyl/N-ethyl adjacent to an activating group) is 1. The van der Waals surface area contributed by atoms with Gasteiger partial charge < -0.3 is 20.3 Å². The highest BCUT2D eigenvalue weighted by Gasteiger charge is 2.32. The molecule has 1 fully saturated rings. The van der Waals surface area contributed by atoms with Crippen LogP contribution in [0.3, 0.4) is 0 Å². The second-order valence-corrected chi connectivity index (χ2v) is 8.34. The fourth-order valence-electron chi connectivity index (χ4n) is 3.96. The van der Waals surface area contributed by atoms with Gasteiger partial charge >= 0.3 is 0 Å². The molecule has 0 radical (unpaired) electrons. The number of rotatable bonds is 7. The van der Waals surface area contributed by atoms with E-state index in [0.29, 0.717) is 30.2 Å². The summed E-state index contributed by atoms with van der Waals surface area (Å²) in [5.41, 5.74) is 2.76. The first-order valence-electron chi connectivity index (χ1n) is 11.0. The molecule has 2 heterocycles. The summed E-state index contributed by atoms with van der Waals surface area (Å²) in [4.78, 5) is 53.7. The molecule has 2 aliphatic heterocycles. The molecule has 10 nitrogen and oxygen atoms in total. The molecule has 2 N–H and O–H groups in total. The van der Waals surface area contributed by atoms with Crippen LogP contribution >= 0.6 is 0 Å². The number of hydrogen-bond acceptors (Lipinski definition) is 7. The summed E-state index contributed by atoms with van der Waals surface area (Å²) in [5.74, 6) is -1.34. The maximum Gasteiger partial charge on any atom is 0.261 e. The largest absolute Gasteiger partial charge is 0.378 e. The minimum Gasteiger partial charge on any atom is -0.378 e. The molecular formula is C24H27N5O5. The molecule has 2 aromatic rings. The fourth-order valence-corrected chi connectivity index (χ4v) is 3.96. The van der Waals surface area contributed by atoms with E-state index < -0.39 is 5.91 Å². The molecule has 178 valence electrons. The van der Waals surface area contributed by atoms with E-state index in [4.69, 9.17) is 4.74 Å². The van der Waals surface area contributed by atoms with Gasteiger partial charge in [-0.15, -0.1) is 0 Å². The average molecular weight is 466 g/mol. The van der Waals surface area contributed by atoms with E-state index in [2.05, 4.69) is 15.5 Å². The zero-order valence-electron chi connectivity index (χ0n) is 19.2. The summed E-state index contributed by atoms with van der Waals surface area (Å²) >= 11 is 0. The van der Waals surface area contributed by atoms with E-state index in [0.717, 1.165) is 23.7 Å². The predicted molar refractivity (Wildman–Crippen MR) is 127 cm³/mol. The van der Waals surface area contributed by atoms with E-state index in [1.165, 1.54) is 19.2 Å². The Balaban J connectivity index is 1.25. The van der Waals surface area contributed by atoms with Gasteiger partial charge in [-0.05, 0) is 49.5 Å². The molecule has 4 rings (SSSR count). The minimum absolute atomic E-state index is 0.0206. The molecular weight excluding hydrogens is 438 g/mol. The summed E-state index contributed by atoms with van der Waals surface area (Å²) < 4.78 is 5.37. The highest BCUT2D eigenvalue weighted by Crippen LogP contribution is 2.24. The van der Waals surface area contributed by atoms with E-state index in [-0.39, 0.29) is 36.4 Å². The molecule has 2 aliphatic rings. The van der Waals surface area contributed by atoms with Crippen LogP contribution in [0, 0.1) is 0 Å². The number of imide groups is 1. The average Bonchev–Trinajstić information content (AvgIpc) is 3.03. The Kier molecular flexibility index (Phi) is 6.90. The maximum atomic E-state index is 12.4. The van der Waals surface area contributed by atoms with Gasteiger partial charge in [-0.3, -0.25) is 29.0 Å². The van der Waals surface area contributed by atoms with Crippen molar-refractivity contribution in [2.75, 3.05) is 69.0 Å². The van der Waals surface area contributed by atoms with Gasteiger partial charge in [0, 0.05) is 37.2 Å². The SMILES string of the molecule is CN(CC(=O)Nc1ccc(N2CCOCC2)cc1)CC(=O)Nc1ccc2c(c1)C(=O)N(C)C2=O. The standard InChI is InChI=1S/C24H27N5O5/c1-27(14-21(30)25-16-3-6-18(7-4-16)29-9-11-34-12-10-29)15-22(31)26-17-5-8-19-20(13-17)24(33)28(2)23(19)32/h3-8,13H,9-12,14-15H2,1-2H3,(H,25,30)(H,26,31). The van der Waals surface area contributed by atoms with Crippen molar-refractivity contribution in [3.63, 3.8) is 0 Å². The Morgan fingerprint density at radius 3 is 2.09 bits per heavy atom. The van der Waals surface area contributed by atoms with Crippen LogP contribution in [0.1, 0.15) is 20.7 Å². The highest BCUT2D eigenvalue weighted by atomic mass is 16.5. The highest BCUT2D eigenvalue weighted by molar-refractivity contribution is 6.21. The molecule has 0 spiro atoms. The number of anilines is 3. The first kappa shape index (κ1) is 23.4. The molecule has 2 aromatic carbocycles. The van der Waals surface area contributed by atoms with Crippen LogP contribution in [-0.2, 0) is 14.3 Å². The predicted octanol–water partition coefficient (Wildman–Crippen LogP) is 1.26. The topological polar surface area (TPSA) is 111 Å². The lowest BCUT2D eigenvalue weighted by Crippen LogP contribution is -2.36. The van der Waals surface area contributed by atoms with Crippen LogP contribution in [0.2, 0.25) is 0 Å². The summed E-state index contributed by atoms with van der Waals surface area (Å²) in [5, 5.41) is 5.54. The van der Waals surface area contributed by atoms with Gasteiger partial charge in [-0.2, -0.15) is 0 Å². The molecule has 0 aromatic heterocycles. The normalized spacial score (nSPS) is 15.5. The summed E-state index contributed by atoms with van der Waals surface area (Å²) in [7, 11) is 3.09. The number of nitrogens with one attached hydrogen (secondary N) is 2. The van der Waals surface area contributed by atoms with Crippen molar-refractivity contribution in [2.45, 2.75) is 0 Å². The van der Waals surface area contributed by atoms with Gasteiger partial charge in [0.05, 0.1) is 37.4 Å². The number of nitrogens with zero attached hydrogens (tertiary/aromatic N) is 3. The zero-order chi connectivity index (χ0) is 24.2. The van der Waals surface area contributed by atoms with Crippen LogP contribution < -0.4 is 15.5 Å². The Hall–Kier alpha value is -3.76. The quantitative estimate of drug-likeness (QED) is 0.592. The molecule has 0 aliphatic carbocycles. The molecule has 0 unspecified atom stereocenters. The molecule has 0 bridgehead atoms. The Morgan fingerprint density at radius 2 is 1.44 bits per heavy atom. The fraction of sp³-hybridized carbons (Fsp3) is 0.333. The van der Waals surface area contributed by atoms with Gasteiger partial charge in [-0.25, -0.2) is 0 Å². The lowest BCUT2D eigenvalue weighted by molar-refractivity contribution is -0.119. The van der Waals surface area contributed by atoms with Crippen molar-refractivity contribution >= 4 is 40.7 Å². The molecule has 0 saturated carbocycles. The summed E-state index contributed by atoms with van der Waals surface area (Å²) in [6.07, 6.45) is 0. The van der Waals surface area contributed by atoms with Crippen LogP contribution in [0.15, 0.2) is 42.5 Å². The third-order valence-corrected chi connectivity index (χ3v) is 5.73. The van der Waals surface area contributed by atoms with E-state index >= 15 is 0 Å². The van der Waals surface area contributed by atoms with E-state index in [1.807, 2.05) is 24.3 Å². The second-order valence-electron chi connectivity index (χ2n) is 8.34.